The van der Waals surface area contributed by atoms with Crippen LogP contribution in [0.15, 0.2) is 36.4 Å². The van der Waals surface area contributed by atoms with Crippen molar-refractivity contribution in [1.82, 2.24) is 5.32 Å². The third kappa shape index (κ3) is 4.94. The lowest BCUT2D eigenvalue weighted by Crippen LogP contribution is -2.25. The molecule has 2 aromatic carbocycles. The zero-order valence-corrected chi connectivity index (χ0v) is 14.9. The maximum atomic E-state index is 14.5. The van der Waals surface area contributed by atoms with Crippen LogP contribution >= 0.6 is 12.4 Å². The summed E-state index contributed by atoms with van der Waals surface area (Å²) < 4.78 is 20.0. The molecular weight excluding hydrogens is 343 g/mol. The van der Waals surface area contributed by atoms with E-state index >= 15 is 0 Å². The number of aryl methyl sites for hydroxylation is 1. The van der Waals surface area contributed by atoms with Crippen LogP contribution in [0.2, 0.25) is 0 Å². The summed E-state index contributed by atoms with van der Waals surface area (Å²) in [5.74, 6) is 0.160. The first kappa shape index (κ1) is 19.2. The van der Waals surface area contributed by atoms with E-state index in [1.807, 2.05) is 37.3 Å². The Balaban J connectivity index is 0.00000225. The molecule has 0 aliphatic carbocycles. The molecule has 0 aromatic heterocycles. The van der Waals surface area contributed by atoms with Crippen LogP contribution in [-0.4, -0.2) is 19.1 Å². The van der Waals surface area contributed by atoms with Crippen molar-refractivity contribution in [3.8, 4) is 5.75 Å². The minimum atomic E-state index is -0.318. The van der Waals surface area contributed by atoms with Crippen molar-refractivity contribution in [2.75, 3.05) is 18.5 Å². The molecule has 0 saturated heterocycles. The fourth-order valence-electron chi connectivity index (χ4n) is 2.81. The SMILES string of the molecule is Cc1cccc(OCCC(=O)Nc2ccc3c(c2F)CCNC3)c1.Cl. The van der Waals surface area contributed by atoms with Gasteiger partial charge in [-0.2, -0.15) is 0 Å². The van der Waals surface area contributed by atoms with E-state index in [0.717, 1.165) is 23.4 Å². The number of halogens is 2. The second-order valence-electron chi connectivity index (χ2n) is 5.95. The second kappa shape index (κ2) is 8.83. The van der Waals surface area contributed by atoms with E-state index in [1.165, 1.54) is 0 Å². The van der Waals surface area contributed by atoms with Crippen LogP contribution < -0.4 is 15.4 Å². The summed E-state index contributed by atoms with van der Waals surface area (Å²) in [6.45, 7) is 3.66. The van der Waals surface area contributed by atoms with Crippen molar-refractivity contribution in [2.24, 2.45) is 0 Å². The first-order chi connectivity index (χ1) is 11.6. The topological polar surface area (TPSA) is 50.4 Å². The van der Waals surface area contributed by atoms with Crippen LogP contribution in [0.1, 0.15) is 23.1 Å². The van der Waals surface area contributed by atoms with Crippen molar-refractivity contribution in [3.05, 3.63) is 58.9 Å². The first-order valence-electron chi connectivity index (χ1n) is 8.14. The number of amides is 1. The number of benzene rings is 2. The van der Waals surface area contributed by atoms with Gasteiger partial charge in [0.15, 0.2) is 0 Å². The van der Waals surface area contributed by atoms with Gasteiger partial charge in [0.05, 0.1) is 18.7 Å². The summed E-state index contributed by atoms with van der Waals surface area (Å²) in [4.78, 5) is 12.0. The molecule has 0 spiro atoms. The molecule has 0 atom stereocenters. The predicted octanol–water partition coefficient (Wildman–Crippen LogP) is 3.61. The van der Waals surface area contributed by atoms with Crippen LogP contribution in [0.3, 0.4) is 0 Å². The van der Waals surface area contributed by atoms with Gasteiger partial charge in [-0.05, 0) is 54.8 Å². The molecule has 0 saturated carbocycles. The van der Waals surface area contributed by atoms with Gasteiger partial charge in [-0.1, -0.05) is 18.2 Å². The highest BCUT2D eigenvalue weighted by molar-refractivity contribution is 5.91. The van der Waals surface area contributed by atoms with E-state index in [-0.39, 0.29) is 42.8 Å². The number of carbonyl (C=O) groups is 1. The number of nitrogens with one attached hydrogen (secondary N) is 2. The molecule has 1 heterocycles. The van der Waals surface area contributed by atoms with E-state index < -0.39 is 0 Å². The Morgan fingerprint density at radius 3 is 2.96 bits per heavy atom. The zero-order chi connectivity index (χ0) is 16.9. The molecule has 6 heteroatoms. The zero-order valence-electron chi connectivity index (χ0n) is 14.1. The molecule has 4 nitrogen and oxygen atoms in total. The molecule has 0 radical (unpaired) electrons. The smallest absolute Gasteiger partial charge is 0.227 e. The standard InChI is InChI=1S/C19H21FN2O2.ClH/c1-13-3-2-4-15(11-13)24-10-8-18(23)22-17-6-5-14-12-21-9-7-16(14)19(17)20;/h2-6,11,21H,7-10,12H2,1H3,(H,22,23);1H. The molecule has 0 unspecified atom stereocenters. The molecule has 1 aliphatic heterocycles. The fourth-order valence-corrected chi connectivity index (χ4v) is 2.81. The summed E-state index contributed by atoms with van der Waals surface area (Å²) >= 11 is 0. The highest BCUT2D eigenvalue weighted by Crippen LogP contribution is 2.24. The average molecular weight is 365 g/mol. The van der Waals surface area contributed by atoms with Crippen LogP contribution in [0.4, 0.5) is 10.1 Å². The molecule has 1 amide bonds. The molecule has 2 aromatic rings. The Bertz CT molecular complexity index is 752. The summed E-state index contributed by atoms with van der Waals surface area (Å²) in [5.41, 5.74) is 3.00. The lowest BCUT2D eigenvalue weighted by atomic mass is 9.99. The molecule has 0 fully saturated rings. The Hall–Kier alpha value is -2.11. The quantitative estimate of drug-likeness (QED) is 0.852. The lowest BCUT2D eigenvalue weighted by molar-refractivity contribution is -0.116. The number of ether oxygens (including phenoxy) is 1. The van der Waals surface area contributed by atoms with E-state index in [0.29, 0.717) is 18.5 Å². The second-order valence-corrected chi connectivity index (χ2v) is 5.95. The molecule has 1 aliphatic rings. The monoisotopic (exact) mass is 364 g/mol. The Morgan fingerprint density at radius 2 is 2.16 bits per heavy atom. The van der Waals surface area contributed by atoms with E-state index in [2.05, 4.69) is 10.6 Å². The minimum Gasteiger partial charge on any atom is -0.493 e. The van der Waals surface area contributed by atoms with Gasteiger partial charge in [0.2, 0.25) is 5.91 Å². The maximum absolute atomic E-state index is 14.5. The van der Waals surface area contributed by atoms with E-state index in [1.54, 1.807) is 6.07 Å². The number of hydrogen-bond donors (Lipinski definition) is 2. The van der Waals surface area contributed by atoms with Gasteiger partial charge in [-0.25, -0.2) is 4.39 Å². The highest BCUT2D eigenvalue weighted by Gasteiger charge is 2.17. The van der Waals surface area contributed by atoms with Gasteiger partial charge in [0.1, 0.15) is 11.6 Å². The van der Waals surface area contributed by atoms with Gasteiger partial charge in [0.25, 0.3) is 0 Å². The van der Waals surface area contributed by atoms with Crippen molar-refractivity contribution in [1.29, 1.82) is 0 Å². The lowest BCUT2D eigenvalue weighted by Gasteiger charge is -2.19. The van der Waals surface area contributed by atoms with Gasteiger partial charge in [0, 0.05) is 6.54 Å². The number of fused-ring (bicyclic) bond motifs is 1. The van der Waals surface area contributed by atoms with Crippen molar-refractivity contribution in [3.63, 3.8) is 0 Å². The van der Waals surface area contributed by atoms with Crippen LogP contribution in [0.25, 0.3) is 0 Å². The highest BCUT2D eigenvalue weighted by atomic mass is 35.5. The number of anilines is 1. The van der Waals surface area contributed by atoms with E-state index in [4.69, 9.17) is 4.74 Å². The van der Waals surface area contributed by atoms with Crippen molar-refractivity contribution < 1.29 is 13.9 Å². The summed E-state index contributed by atoms with van der Waals surface area (Å²) in [6.07, 6.45) is 0.813. The largest absolute Gasteiger partial charge is 0.493 e. The molecule has 2 N–H and O–H groups in total. The number of rotatable bonds is 5. The van der Waals surface area contributed by atoms with Crippen molar-refractivity contribution in [2.45, 2.75) is 26.3 Å². The van der Waals surface area contributed by atoms with Crippen LogP contribution in [0, 0.1) is 12.7 Å². The molecule has 3 rings (SSSR count). The number of hydrogen-bond acceptors (Lipinski definition) is 3. The van der Waals surface area contributed by atoms with Gasteiger partial charge < -0.3 is 15.4 Å². The van der Waals surface area contributed by atoms with Crippen LogP contribution in [-0.2, 0) is 17.8 Å². The van der Waals surface area contributed by atoms with Gasteiger partial charge in [-0.3, -0.25) is 4.79 Å². The Labute approximate surface area is 153 Å². The maximum Gasteiger partial charge on any atom is 0.227 e. The Morgan fingerprint density at radius 1 is 1.32 bits per heavy atom. The molecule has 0 bridgehead atoms. The summed E-state index contributed by atoms with van der Waals surface area (Å²) in [7, 11) is 0. The summed E-state index contributed by atoms with van der Waals surface area (Å²) in [6, 6.07) is 11.1. The predicted molar refractivity (Wildman–Crippen MR) is 99.0 cm³/mol. The third-order valence-corrected chi connectivity index (χ3v) is 4.07. The molecule has 134 valence electrons. The molecule has 25 heavy (non-hydrogen) atoms. The fraction of sp³-hybridized carbons (Fsp3) is 0.316. The third-order valence-electron chi connectivity index (χ3n) is 4.07. The van der Waals surface area contributed by atoms with Crippen LogP contribution in [0.5, 0.6) is 5.75 Å². The molecular formula is C19H22ClFN2O2. The van der Waals surface area contributed by atoms with Gasteiger partial charge >= 0.3 is 0 Å². The average Bonchev–Trinajstić information content (AvgIpc) is 2.58. The normalized spacial score (nSPS) is 12.7. The Kier molecular flexibility index (Phi) is 6.79. The van der Waals surface area contributed by atoms with Crippen molar-refractivity contribution >= 4 is 24.0 Å². The number of carbonyl (C=O) groups excluding carboxylic acids is 1. The first-order valence-corrected chi connectivity index (χ1v) is 8.14. The van der Waals surface area contributed by atoms with Gasteiger partial charge in [-0.15, -0.1) is 12.4 Å². The minimum absolute atomic E-state index is 0. The summed E-state index contributed by atoms with van der Waals surface area (Å²) in [5, 5.41) is 5.85. The van der Waals surface area contributed by atoms with E-state index in [9.17, 15) is 9.18 Å².